The van der Waals surface area contributed by atoms with E-state index in [-0.39, 0.29) is 11.3 Å². The van der Waals surface area contributed by atoms with Gasteiger partial charge in [-0.2, -0.15) is 0 Å². The number of amides is 1. The van der Waals surface area contributed by atoms with Crippen molar-refractivity contribution in [2.24, 2.45) is 4.99 Å². The summed E-state index contributed by atoms with van der Waals surface area (Å²) >= 11 is 1.67. The molecule has 1 aliphatic heterocycles. The molecule has 1 amide bonds. The number of carbonyl (C=O) groups excluding carboxylic acids is 1. The van der Waals surface area contributed by atoms with E-state index in [9.17, 15) is 18.0 Å². The molecule has 7 heteroatoms. The maximum atomic E-state index is 14.3. The van der Waals surface area contributed by atoms with Gasteiger partial charge in [-0.15, -0.1) is 18.3 Å². The fraction of sp³-hybridized carbons (Fsp3) is 0.238. The number of anilines is 1. The first-order valence-electron chi connectivity index (χ1n) is 8.71. The van der Waals surface area contributed by atoms with Crippen molar-refractivity contribution < 1.29 is 18.0 Å². The minimum absolute atomic E-state index is 0.0776. The van der Waals surface area contributed by atoms with Gasteiger partial charge in [0.2, 0.25) is 0 Å². The molecule has 1 atom stereocenters. The van der Waals surface area contributed by atoms with Gasteiger partial charge >= 0.3 is 0 Å². The van der Waals surface area contributed by atoms with Crippen LogP contribution in [0.3, 0.4) is 0 Å². The second kappa shape index (κ2) is 8.22. The maximum Gasteiger partial charge on any atom is 0.258 e. The molecular weight excluding hydrogens is 385 g/mol. The predicted octanol–water partition coefficient (Wildman–Crippen LogP) is 5.68. The standard InChI is InChI=1S/C21H19F3N2OS/c1-3-4-19-26-21(2,9-10-28-19)13-5-8-16(23)18(11-13)25-20(27)15-7-6-14(22)12-17(15)24/h3,5-8,11-12H,1,4,9-10H2,2H3,(H,25,27). The molecule has 1 unspecified atom stereocenters. The SMILES string of the molecule is C=CCC1=NC(C)(c2ccc(F)c(NC(=O)c3ccc(F)cc3F)c2)CCS1. The Bertz CT molecular complexity index is 961. The summed E-state index contributed by atoms with van der Waals surface area (Å²) in [5.74, 6) is -2.44. The molecule has 0 radical (unpaired) electrons. The monoisotopic (exact) mass is 404 g/mol. The summed E-state index contributed by atoms with van der Waals surface area (Å²) in [5.41, 5.74) is -0.257. The van der Waals surface area contributed by atoms with Crippen LogP contribution < -0.4 is 5.32 Å². The van der Waals surface area contributed by atoms with E-state index in [2.05, 4.69) is 11.9 Å². The first kappa shape index (κ1) is 20.2. The molecule has 3 rings (SSSR count). The van der Waals surface area contributed by atoms with Crippen molar-refractivity contribution in [1.29, 1.82) is 0 Å². The van der Waals surface area contributed by atoms with Crippen LogP contribution in [0.4, 0.5) is 18.9 Å². The maximum absolute atomic E-state index is 14.3. The fourth-order valence-electron chi connectivity index (χ4n) is 2.99. The summed E-state index contributed by atoms with van der Waals surface area (Å²) in [6.45, 7) is 5.68. The zero-order chi connectivity index (χ0) is 20.3. The summed E-state index contributed by atoms with van der Waals surface area (Å²) in [6, 6.07) is 7.00. The number of rotatable bonds is 5. The third-order valence-electron chi connectivity index (χ3n) is 4.56. The lowest BCUT2D eigenvalue weighted by Gasteiger charge is -2.31. The molecular formula is C21H19F3N2OS. The molecule has 0 saturated carbocycles. The highest BCUT2D eigenvalue weighted by Crippen LogP contribution is 2.38. The molecule has 146 valence electrons. The summed E-state index contributed by atoms with van der Waals surface area (Å²) in [4.78, 5) is 17.1. The first-order valence-corrected chi connectivity index (χ1v) is 9.70. The van der Waals surface area contributed by atoms with Crippen molar-refractivity contribution in [2.45, 2.75) is 25.3 Å². The van der Waals surface area contributed by atoms with Crippen LogP contribution in [-0.2, 0) is 5.54 Å². The third-order valence-corrected chi connectivity index (χ3v) is 5.56. The zero-order valence-electron chi connectivity index (χ0n) is 15.3. The largest absolute Gasteiger partial charge is 0.319 e. The van der Waals surface area contributed by atoms with Gasteiger partial charge in [-0.25, -0.2) is 13.2 Å². The lowest BCUT2D eigenvalue weighted by molar-refractivity contribution is 0.102. The summed E-state index contributed by atoms with van der Waals surface area (Å²) in [5, 5.41) is 3.32. The zero-order valence-corrected chi connectivity index (χ0v) is 16.1. The van der Waals surface area contributed by atoms with E-state index in [1.54, 1.807) is 23.9 Å². The number of allylic oxidation sites excluding steroid dienone is 1. The molecule has 2 aromatic rings. The summed E-state index contributed by atoms with van der Waals surface area (Å²) in [6.07, 6.45) is 3.20. The Balaban J connectivity index is 1.90. The second-order valence-corrected chi connectivity index (χ2v) is 7.81. The van der Waals surface area contributed by atoms with Crippen molar-refractivity contribution in [3.63, 3.8) is 0 Å². The number of thioether (sulfide) groups is 1. The van der Waals surface area contributed by atoms with E-state index in [1.165, 1.54) is 12.1 Å². The van der Waals surface area contributed by atoms with E-state index in [1.807, 2.05) is 6.92 Å². The van der Waals surface area contributed by atoms with Crippen LogP contribution in [0.2, 0.25) is 0 Å². The van der Waals surface area contributed by atoms with Gasteiger partial charge in [-0.1, -0.05) is 12.1 Å². The molecule has 0 aromatic heterocycles. The van der Waals surface area contributed by atoms with Crippen molar-refractivity contribution in [3.8, 4) is 0 Å². The fourth-order valence-corrected chi connectivity index (χ4v) is 4.22. The number of nitrogens with one attached hydrogen (secondary N) is 1. The molecule has 2 aromatic carbocycles. The normalized spacial score (nSPS) is 19.1. The van der Waals surface area contributed by atoms with Gasteiger partial charge in [0, 0.05) is 18.2 Å². The van der Waals surface area contributed by atoms with Crippen molar-refractivity contribution >= 4 is 28.4 Å². The Hall–Kier alpha value is -2.54. The van der Waals surface area contributed by atoms with E-state index < -0.39 is 28.9 Å². The average molecular weight is 404 g/mol. The minimum atomic E-state index is -1.01. The highest BCUT2D eigenvalue weighted by molar-refractivity contribution is 8.14. The third kappa shape index (κ3) is 4.30. The smallest absolute Gasteiger partial charge is 0.258 e. The van der Waals surface area contributed by atoms with Crippen molar-refractivity contribution in [3.05, 3.63) is 77.6 Å². The van der Waals surface area contributed by atoms with Gasteiger partial charge in [-0.3, -0.25) is 9.79 Å². The summed E-state index contributed by atoms with van der Waals surface area (Å²) in [7, 11) is 0. The van der Waals surface area contributed by atoms with Crippen LogP contribution in [0.1, 0.15) is 35.7 Å². The second-order valence-electron chi connectivity index (χ2n) is 6.64. The molecule has 0 aliphatic carbocycles. The van der Waals surface area contributed by atoms with E-state index in [4.69, 9.17) is 4.99 Å². The van der Waals surface area contributed by atoms with Crippen LogP contribution in [0, 0.1) is 17.5 Å². The number of carbonyl (C=O) groups is 1. The van der Waals surface area contributed by atoms with Crippen LogP contribution in [0.15, 0.2) is 54.0 Å². The van der Waals surface area contributed by atoms with E-state index in [0.29, 0.717) is 12.5 Å². The Morgan fingerprint density at radius 3 is 2.75 bits per heavy atom. The molecule has 1 heterocycles. The topological polar surface area (TPSA) is 41.5 Å². The molecule has 0 saturated heterocycles. The number of nitrogens with zero attached hydrogens (tertiary/aromatic N) is 1. The molecule has 0 spiro atoms. The van der Waals surface area contributed by atoms with Crippen molar-refractivity contribution in [2.75, 3.05) is 11.1 Å². The molecule has 1 N–H and O–H groups in total. The number of halogens is 3. The van der Waals surface area contributed by atoms with E-state index >= 15 is 0 Å². The average Bonchev–Trinajstić information content (AvgIpc) is 2.63. The first-order chi connectivity index (χ1) is 13.3. The Kier molecular flexibility index (Phi) is 5.93. The van der Waals surface area contributed by atoms with Gasteiger partial charge in [-0.05, 0) is 43.2 Å². The predicted molar refractivity (Wildman–Crippen MR) is 107 cm³/mol. The van der Waals surface area contributed by atoms with Gasteiger partial charge < -0.3 is 5.32 Å². The van der Waals surface area contributed by atoms with Crippen LogP contribution in [-0.4, -0.2) is 16.7 Å². The molecule has 3 nitrogen and oxygen atoms in total. The minimum Gasteiger partial charge on any atom is -0.319 e. The van der Waals surface area contributed by atoms with Gasteiger partial charge in [0.1, 0.15) is 17.5 Å². The van der Waals surface area contributed by atoms with Gasteiger partial charge in [0.15, 0.2) is 0 Å². The lowest BCUT2D eigenvalue weighted by atomic mass is 9.89. The quantitative estimate of drug-likeness (QED) is 0.651. The highest BCUT2D eigenvalue weighted by atomic mass is 32.2. The van der Waals surface area contributed by atoms with Crippen LogP contribution in [0.25, 0.3) is 0 Å². The van der Waals surface area contributed by atoms with E-state index in [0.717, 1.165) is 34.9 Å². The number of benzene rings is 2. The Morgan fingerprint density at radius 2 is 2.04 bits per heavy atom. The lowest BCUT2D eigenvalue weighted by Crippen LogP contribution is -2.26. The van der Waals surface area contributed by atoms with Crippen LogP contribution in [0.5, 0.6) is 0 Å². The number of hydrogen-bond acceptors (Lipinski definition) is 3. The molecule has 0 bridgehead atoms. The Labute approximate surface area is 165 Å². The molecule has 0 fully saturated rings. The highest BCUT2D eigenvalue weighted by Gasteiger charge is 2.30. The number of aliphatic imine (C=N–C) groups is 1. The summed E-state index contributed by atoms with van der Waals surface area (Å²) < 4.78 is 41.1. The number of hydrogen-bond donors (Lipinski definition) is 1. The molecule has 28 heavy (non-hydrogen) atoms. The van der Waals surface area contributed by atoms with Crippen LogP contribution >= 0.6 is 11.8 Å². The van der Waals surface area contributed by atoms with Gasteiger partial charge in [0.05, 0.1) is 21.8 Å². The Morgan fingerprint density at radius 1 is 1.25 bits per heavy atom. The van der Waals surface area contributed by atoms with Crippen molar-refractivity contribution in [1.82, 2.24) is 0 Å². The van der Waals surface area contributed by atoms with Gasteiger partial charge in [0.25, 0.3) is 5.91 Å². The molecule has 1 aliphatic rings.